The molecule has 1 unspecified atom stereocenters. The summed E-state index contributed by atoms with van der Waals surface area (Å²) < 4.78 is 11.2. The van der Waals surface area contributed by atoms with E-state index < -0.39 is 0 Å². The molecule has 1 aromatic heterocycles. The van der Waals surface area contributed by atoms with Gasteiger partial charge in [0.1, 0.15) is 11.5 Å². The fraction of sp³-hybridized carbons (Fsp3) is 0.280. The molecule has 0 saturated carbocycles. The van der Waals surface area contributed by atoms with Crippen LogP contribution < -0.4 is 14.8 Å². The standard InChI is InChI=1S/C25H26N4O4/c30-23(13-17-32-21-7-2-1-3-8-21)29-16-4-6-19(18-29)24(31)28-20-9-11-22(12-10-20)33-25-26-14-5-15-27-25/h1-3,5,7-12,14-15,19H,4,6,13,16-18H2,(H,28,31). The lowest BCUT2D eigenvalue weighted by Crippen LogP contribution is -2.44. The van der Waals surface area contributed by atoms with Crippen LogP contribution in [0, 0.1) is 5.92 Å². The molecule has 4 rings (SSSR count). The fourth-order valence-electron chi connectivity index (χ4n) is 3.64. The van der Waals surface area contributed by atoms with Crippen LogP contribution in [0.25, 0.3) is 0 Å². The van der Waals surface area contributed by atoms with E-state index in [0.29, 0.717) is 31.1 Å². The van der Waals surface area contributed by atoms with Crippen LogP contribution in [0.3, 0.4) is 0 Å². The van der Waals surface area contributed by atoms with Crippen LogP contribution in [-0.2, 0) is 9.59 Å². The number of carbonyl (C=O) groups is 2. The number of anilines is 1. The minimum atomic E-state index is -0.244. The van der Waals surface area contributed by atoms with Gasteiger partial charge in [0.05, 0.1) is 18.9 Å². The number of hydrogen-bond acceptors (Lipinski definition) is 6. The number of para-hydroxylation sites is 1. The van der Waals surface area contributed by atoms with E-state index in [0.717, 1.165) is 18.6 Å². The van der Waals surface area contributed by atoms with E-state index in [-0.39, 0.29) is 30.2 Å². The number of hydrogen-bond donors (Lipinski definition) is 1. The molecule has 8 nitrogen and oxygen atoms in total. The number of nitrogens with one attached hydrogen (secondary N) is 1. The van der Waals surface area contributed by atoms with Gasteiger partial charge in [0.25, 0.3) is 0 Å². The van der Waals surface area contributed by atoms with Gasteiger partial charge in [-0.1, -0.05) is 18.2 Å². The highest BCUT2D eigenvalue weighted by atomic mass is 16.5. The van der Waals surface area contributed by atoms with E-state index in [2.05, 4.69) is 15.3 Å². The monoisotopic (exact) mass is 446 g/mol. The Bertz CT molecular complexity index is 1050. The van der Waals surface area contributed by atoms with Crippen molar-refractivity contribution in [3.05, 3.63) is 73.1 Å². The van der Waals surface area contributed by atoms with Crippen LogP contribution in [-0.4, -0.2) is 46.4 Å². The highest BCUT2D eigenvalue weighted by Gasteiger charge is 2.28. The van der Waals surface area contributed by atoms with Gasteiger partial charge in [-0.15, -0.1) is 0 Å². The van der Waals surface area contributed by atoms with E-state index in [1.54, 1.807) is 47.6 Å². The third-order valence-corrected chi connectivity index (χ3v) is 5.35. The quantitative estimate of drug-likeness (QED) is 0.564. The Labute approximate surface area is 192 Å². The summed E-state index contributed by atoms with van der Waals surface area (Å²) in [5, 5.41) is 2.94. The molecule has 170 valence electrons. The van der Waals surface area contributed by atoms with Gasteiger partial charge >= 0.3 is 6.01 Å². The van der Waals surface area contributed by atoms with Gasteiger partial charge in [-0.3, -0.25) is 9.59 Å². The van der Waals surface area contributed by atoms with Crippen LogP contribution in [0.2, 0.25) is 0 Å². The minimum Gasteiger partial charge on any atom is -0.493 e. The van der Waals surface area contributed by atoms with E-state index in [1.165, 1.54) is 0 Å². The topological polar surface area (TPSA) is 93.6 Å². The van der Waals surface area contributed by atoms with Crippen LogP contribution in [0.15, 0.2) is 73.1 Å². The van der Waals surface area contributed by atoms with E-state index in [4.69, 9.17) is 9.47 Å². The smallest absolute Gasteiger partial charge is 0.321 e. The molecule has 1 aliphatic heterocycles. The summed E-state index contributed by atoms with van der Waals surface area (Å²) in [7, 11) is 0. The first-order valence-corrected chi connectivity index (χ1v) is 11.0. The van der Waals surface area contributed by atoms with Gasteiger partial charge in [0.2, 0.25) is 11.8 Å². The van der Waals surface area contributed by atoms with Gasteiger partial charge in [-0.2, -0.15) is 0 Å². The number of benzene rings is 2. The Hall–Kier alpha value is -3.94. The van der Waals surface area contributed by atoms with Crippen molar-refractivity contribution < 1.29 is 19.1 Å². The van der Waals surface area contributed by atoms with Crippen molar-refractivity contribution in [2.75, 3.05) is 25.0 Å². The number of rotatable bonds is 8. The summed E-state index contributed by atoms with van der Waals surface area (Å²) in [6, 6.07) is 18.4. The lowest BCUT2D eigenvalue weighted by Gasteiger charge is -2.32. The molecule has 0 aliphatic carbocycles. The van der Waals surface area contributed by atoms with E-state index >= 15 is 0 Å². The summed E-state index contributed by atoms with van der Waals surface area (Å²) in [5.74, 6) is 0.993. The summed E-state index contributed by atoms with van der Waals surface area (Å²) in [6.07, 6.45) is 5.04. The molecule has 2 heterocycles. The van der Waals surface area contributed by atoms with Crippen LogP contribution in [0.5, 0.6) is 17.5 Å². The Kier molecular flexibility index (Phi) is 7.48. The molecule has 2 aromatic carbocycles. The Morgan fingerprint density at radius 3 is 2.48 bits per heavy atom. The van der Waals surface area contributed by atoms with Crippen molar-refractivity contribution in [3.8, 4) is 17.5 Å². The number of likely N-dealkylation sites (tertiary alicyclic amines) is 1. The zero-order valence-electron chi connectivity index (χ0n) is 18.2. The Balaban J connectivity index is 1.24. The summed E-state index contributed by atoms with van der Waals surface area (Å²) in [6.45, 7) is 1.41. The van der Waals surface area contributed by atoms with Gasteiger partial charge in [-0.05, 0) is 55.3 Å². The molecule has 0 spiro atoms. The fourth-order valence-corrected chi connectivity index (χ4v) is 3.64. The first-order valence-electron chi connectivity index (χ1n) is 11.0. The maximum Gasteiger partial charge on any atom is 0.321 e. The van der Waals surface area contributed by atoms with Crippen molar-refractivity contribution in [2.24, 2.45) is 5.92 Å². The largest absolute Gasteiger partial charge is 0.493 e. The lowest BCUT2D eigenvalue weighted by molar-refractivity contribution is -0.135. The van der Waals surface area contributed by atoms with Gasteiger partial charge in [0.15, 0.2) is 0 Å². The number of piperidine rings is 1. The maximum absolute atomic E-state index is 12.8. The van der Waals surface area contributed by atoms with Gasteiger partial charge in [-0.25, -0.2) is 9.97 Å². The van der Waals surface area contributed by atoms with Crippen LogP contribution in [0.1, 0.15) is 19.3 Å². The number of aromatic nitrogens is 2. The van der Waals surface area contributed by atoms with Crippen molar-refractivity contribution >= 4 is 17.5 Å². The molecule has 1 atom stereocenters. The molecule has 0 radical (unpaired) electrons. The molecule has 1 N–H and O–H groups in total. The third kappa shape index (κ3) is 6.52. The van der Waals surface area contributed by atoms with Crippen LogP contribution >= 0.6 is 0 Å². The highest BCUT2D eigenvalue weighted by Crippen LogP contribution is 2.22. The molecular weight excluding hydrogens is 420 g/mol. The first kappa shape index (κ1) is 22.3. The summed E-state index contributed by atoms with van der Waals surface area (Å²) in [4.78, 5) is 35.2. The maximum atomic E-state index is 12.8. The predicted molar refractivity (Wildman–Crippen MR) is 123 cm³/mol. The zero-order valence-corrected chi connectivity index (χ0v) is 18.2. The molecule has 1 aliphatic rings. The molecule has 1 fully saturated rings. The zero-order chi connectivity index (χ0) is 22.9. The Morgan fingerprint density at radius 1 is 0.970 bits per heavy atom. The molecule has 0 bridgehead atoms. The second-order valence-electron chi connectivity index (χ2n) is 7.74. The average molecular weight is 447 g/mol. The molecule has 2 amide bonds. The van der Waals surface area contributed by atoms with Crippen LogP contribution in [0.4, 0.5) is 5.69 Å². The Morgan fingerprint density at radius 2 is 1.73 bits per heavy atom. The summed E-state index contributed by atoms with van der Waals surface area (Å²) >= 11 is 0. The van der Waals surface area contributed by atoms with Crippen molar-refractivity contribution in [1.82, 2.24) is 14.9 Å². The predicted octanol–water partition coefficient (Wildman–Crippen LogP) is 3.92. The van der Waals surface area contributed by atoms with E-state index in [1.807, 2.05) is 30.3 Å². The lowest BCUT2D eigenvalue weighted by atomic mass is 9.96. The van der Waals surface area contributed by atoms with Gasteiger partial charge < -0.3 is 19.7 Å². The SMILES string of the molecule is O=C(Nc1ccc(Oc2ncccn2)cc1)C1CCCN(C(=O)CCOc2ccccc2)C1. The summed E-state index contributed by atoms with van der Waals surface area (Å²) in [5.41, 5.74) is 0.668. The number of ether oxygens (including phenoxy) is 2. The molecule has 1 saturated heterocycles. The van der Waals surface area contributed by atoms with Crippen molar-refractivity contribution in [2.45, 2.75) is 19.3 Å². The minimum absolute atomic E-state index is 0.00747. The number of nitrogens with zero attached hydrogens (tertiary/aromatic N) is 3. The highest BCUT2D eigenvalue weighted by molar-refractivity contribution is 5.93. The molecular formula is C25H26N4O4. The second-order valence-corrected chi connectivity index (χ2v) is 7.74. The first-order chi connectivity index (χ1) is 16.2. The van der Waals surface area contributed by atoms with Gasteiger partial charge in [0, 0.05) is 31.2 Å². The average Bonchev–Trinajstić information content (AvgIpc) is 2.86. The molecule has 33 heavy (non-hydrogen) atoms. The second kappa shape index (κ2) is 11.1. The number of carbonyl (C=O) groups excluding carboxylic acids is 2. The van der Waals surface area contributed by atoms with Crippen molar-refractivity contribution in [3.63, 3.8) is 0 Å². The van der Waals surface area contributed by atoms with E-state index in [9.17, 15) is 9.59 Å². The third-order valence-electron chi connectivity index (χ3n) is 5.35. The molecule has 3 aromatic rings. The molecule has 8 heteroatoms. The number of amides is 2. The normalized spacial score (nSPS) is 15.5. The van der Waals surface area contributed by atoms with Crippen molar-refractivity contribution in [1.29, 1.82) is 0 Å².